The first-order valence-electron chi connectivity index (χ1n) is 5.73. The van der Waals surface area contributed by atoms with E-state index < -0.39 is 0 Å². The average molecular weight is 241 g/mol. The molecule has 1 N–H and O–H groups in total. The molecule has 0 bridgehead atoms. The topological polar surface area (TPSA) is 40.1 Å². The van der Waals surface area contributed by atoms with Crippen LogP contribution in [0.25, 0.3) is 0 Å². The molecule has 0 aromatic carbocycles. The number of anilines is 1. The molecule has 1 aliphatic heterocycles. The molecule has 0 spiro atoms. The highest BCUT2D eigenvalue weighted by atomic mass is 32.1. The van der Waals surface area contributed by atoms with Crippen molar-refractivity contribution in [3.8, 4) is 0 Å². The van der Waals surface area contributed by atoms with Crippen molar-refractivity contribution >= 4 is 18.2 Å². The zero-order valence-electron chi connectivity index (χ0n) is 9.94. The van der Waals surface area contributed by atoms with Crippen LogP contribution in [0.5, 0.6) is 0 Å². The number of likely N-dealkylation sites (N-methyl/N-ethyl adjacent to an activating group) is 1. The molecule has 1 aromatic rings. The third-order valence-electron chi connectivity index (χ3n) is 3.15. The van der Waals surface area contributed by atoms with Gasteiger partial charge in [0, 0.05) is 27.2 Å². The van der Waals surface area contributed by atoms with Crippen molar-refractivity contribution in [1.82, 2.24) is 19.7 Å². The van der Waals surface area contributed by atoms with Crippen molar-refractivity contribution in [2.45, 2.75) is 12.8 Å². The lowest BCUT2D eigenvalue weighted by Crippen LogP contribution is -2.32. The zero-order chi connectivity index (χ0) is 11.5. The van der Waals surface area contributed by atoms with Gasteiger partial charge in [-0.25, -0.2) is 5.10 Å². The lowest BCUT2D eigenvalue weighted by atomic mass is 10.4. The molecule has 1 aromatic heterocycles. The Morgan fingerprint density at radius 2 is 2.12 bits per heavy atom. The quantitative estimate of drug-likeness (QED) is 0.799. The van der Waals surface area contributed by atoms with Crippen LogP contribution in [0.2, 0.25) is 0 Å². The fourth-order valence-electron chi connectivity index (χ4n) is 2.08. The summed E-state index contributed by atoms with van der Waals surface area (Å²) in [6.45, 7) is 4.59. The second-order valence-corrected chi connectivity index (χ2v) is 4.74. The van der Waals surface area contributed by atoms with Gasteiger partial charge >= 0.3 is 0 Å². The zero-order valence-corrected chi connectivity index (χ0v) is 10.8. The van der Waals surface area contributed by atoms with Gasteiger partial charge in [-0.15, -0.1) is 5.10 Å². The molecule has 2 heterocycles. The van der Waals surface area contributed by atoms with E-state index in [1.165, 1.54) is 25.9 Å². The molecule has 0 atom stereocenters. The Balaban J connectivity index is 1.89. The molecule has 2 rings (SSSR count). The van der Waals surface area contributed by atoms with Crippen LogP contribution in [0.1, 0.15) is 12.8 Å². The fraction of sp³-hybridized carbons (Fsp3) is 0.800. The first-order valence-corrected chi connectivity index (χ1v) is 6.14. The lowest BCUT2D eigenvalue weighted by Gasteiger charge is -2.21. The summed E-state index contributed by atoms with van der Waals surface area (Å²) in [5.41, 5.74) is 0. The van der Waals surface area contributed by atoms with E-state index >= 15 is 0 Å². The van der Waals surface area contributed by atoms with Gasteiger partial charge in [0.1, 0.15) is 0 Å². The van der Waals surface area contributed by atoms with E-state index in [9.17, 15) is 0 Å². The number of hydrogen-bond donors (Lipinski definition) is 1. The molecule has 1 aliphatic rings. The maximum Gasteiger partial charge on any atom is 0.225 e. The van der Waals surface area contributed by atoms with Gasteiger partial charge in [-0.05, 0) is 38.1 Å². The second kappa shape index (κ2) is 4.97. The number of aromatic nitrogens is 3. The minimum absolute atomic E-state index is 0.669. The Bertz CT molecular complexity index is 390. The number of likely N-dealkylation sites (tertiary alicyclic amines) is 1. The number of rotatable bonds is 4. The van der Waals surface area contributed by atoms with Crippen LogP contribution < -0.4 is 4.90 Å². The first-order chi connectivity index (χ1) is 7.68. The number of nitrogens with one attached hydrogen (secondary N) is 1. The van der Waals surface area contributed by atoms with Crippen molar-refractivity contribution in [3.63, 3.8) is 0 Å². The highest BCUT2D eigenvalue weighted by Crippen LogP contribution is 2.09. The summed E-state index contributed by atoms with van der Waals surface area (Å²) in [6, 6.07) is 0. The van der Waals surface area contributed by atoms with Crippen molar-refractivity contribution in [2.24, 2.45) is 7.05 Å². The van der Waals surface area contributed by atoms with Gasteiger partial charge in [0.2, 0.25) is 5.95 Å². The summed E-state index contributed by atoms with van der Waals surface area (Å²) >= 11 is 5.09. The highest BCUT2D eigenvalue weighted by molar-refractivity contribution is 7.71. The van der Waals surface area contributed by atoms with Crippen molar-refractivity contribution in [2.75, 3.05) is 38.1 Å². The van der Waals surface area contributed by atoms with Crippen LogP contribution in [-0.2, 0) is 7.05 Å². The molecule has 0 saturated carbocycles. The maximum absolute atomic E-state index is 5.09. The van der Waals surface area contributed by atoms with Crippen LogP contribution >= 0.6 is 12.2 Å². The van der Waals surface area contributed by atoms with Gasteiger partial charge in [-0.1, -0.05) is 0 Å². The largest absolute Gasteiger partial charge is 0.343 e. The van der Waals surface area contributed by atoms with Crippen LogP contribution in [-0.4, -0.2) is 52.9 Å². The molecule has 1 fully saturated rings. The summed E-state index contributed by atoms with van der Waals surface area (Å²) in [6.07, 6.45) is 2.69. The first kappa shape index (κ1) is 11.6. The average Bonchev–Trinajstić information content (AvgIpc) is 2.88. The predicted molar refractivity (Wildman–Crippen MR) is 67.3 cm³/mol. The van der Waals surface area contributed by atoms with Gasteiger partial charge in [-0.2, -0.15) is 0 Å². The van der Waals surface area contributed by atoms with E-state index in [0.29, 0.717) is 4.77 Å². The van der Waals surface area contributed by atoms with Gasteiger partial charge in [0.25, 0.3) is 0 Å². The molecule has 16 heavy (non-hydrogen) atoms. The lowest BCUT2D eigenvalue weighted by molar-refractivity contribution is 0.346. The third-order valence-corrected chi connectivity index (χ3v) is 3.51. The van der Waals surface area contributed by atoms with Crippen LogP contribution in [0.15, 0.2) is 0 Å². The summed E-state index contributed by atoms with van der Waals surface area (Å²) in [5.74, 6) is 0.907. The van der Waals surface area contributed by atoms with Crippen molar-refractivity contribution in [3.05, 3.63) is 4.77 Å². The van der Waals surface area contributed by atoms with E-state index in [-0.39, 0.29) is 0 Å². The molecule has 0 amide bonds. The van der Waals surface area contributed by atoms with Crippen LogP contribution in [0.4, 0.5) is 5.95 Å². The van der Waals surface area contributed by atoms with Crippen LogP contribution in [0, 0.1) is 4.77 Å². The van der Waals surface area contributed by atoms with E-state index in [2.05, 4.69) is 27.0 Å². The third kappa shape index (κ3) is 2.44. The Hall–Kier alpha value is -0.880. The summed E-state index contributed by atoms with van der Waals surface area (Å²) in [7, 11) is 3.99. The van der Waals surface area contributed by atoms with Gasteiger partial charge in [-0.3, -0.25) is 4.57 Å². The molecule has 0 unspecified atom stereocenters. The summed E-state index contributed by atoms with van der Waals surface area (Å²) < 4.78 is 2.57. The predicted octanol–water partition coefficient (Wildman–Crippen LogP) is 1.01. The van der Waals surface area contributed by atoms with E-state index in [4.69, 9.17) is 12.2 Å². The standard InChI is InChI=1S/C10H19N5S/c1-13(7-8-15-5-3-4-6-15)9-11-12-10(16)14(9)2/h3-8H2,1-2H3,(H,12,16). The fourth-order valence-corrected chi connectivity index (χ4v) is 2.21. The number of aromatic amines is 1. The highest BCUT2D eigenvalue weighted by Gasteiger charge is 2.13. The summed E-state index contributed by atoms with van der Waals surface area (Å²) in [4.78, 5) is 4.64. The second-order valence-electron chi connectivity index (χ2n) is 4.36. The normalized spacial score (nSPS) is 16.9. The van der Waals surface area contributed by atoms with Crippen molar-refractivity contribution < 1.29 is 0 Å². The number of nitrogens with zero attached hydrogens (tertiary/aromatic N) is 4. The van der Waals surface area contributed by atoms with E-state index in [0.717, 1.165) is 19.0 Å². The minimum Gasteiger partial charge on any atom is -0.343 e. The monoisotopic (exact) mass is 241 g/mol. The Morgan fingerprint density at radius 3 is 2.69 bits per heavy atom. The van der Waals surface area contributed by atoms with Gasteiger partial charge < -0.3 is 9.80 Å². The molecular formula is C10H19N5S. The Morgan fingerprint density at radius 1 is 1.44 bits per heavy atom. The molecular weight excluding hydrogens is 222 g/mol. The molecule has 0 aliphatic carbocycles. The molecule has 90 valence electrons. The van der Waals surface area contributed by atoms with Crippen LogP contribution in [0.3, 0.4) is 0 Å². The maximum atomic E-state index is 5.09. The molecule has 6 heteroatoms. The van der Waals surface area contributed by atoms with E-state index in [1.54, 1.807) is 0 Å². The molecule has 5 nitrogen and oxygen atoms in total. The minimum atomic E-state index is 0.669. The van der Waals surface area contributed by atoms with Crippen molar-refractivity contribution in [1.29, 1.82) is 0 Å². The van der Waals surface area contributed by atoms with Gasteiger partial charge in [0.05, 0.1) is 0 Å². The SMILES string of the molecule is CN(CCN1CCCC1)c1n[nH]c(=S)n1C. The Kier molecular flexibility index (Phi) is 3.60. The smallest absolute Gasteiger partial charge is 0.225 e. The number of H-pyrrole nitrogens is 1. The van der Waals surface area contributed by atoms with E-state index in [1.807, 2.05) is 11.6 Å². The Labute approximate surface area is 101 Å². The number of hydrogen-bond acceptors (Lipinski definition) is 4. The summed E-state index contributed by atoms with van der Waals surface area (Å²) in [5, 5.41) is 7.02. The van der Waals surface area contributed by atoms with Gasteiger partial charge in [0.15, 0.2) is 4.77 Å². The molecule has 1 saturated heterocycles. The molecule has 0 radical (unpaired) electrons.